The molecule has 0 spiro atoms. The van der Waals surface area contributed by atoms with Crippen LogP contribution in [-0.4, -0.2) is 24.6 Å². The van der Waals surface area contributed by atoms with Crippen LogP contribution in [0.15, 0.2) is 48.8 Å². The van der Waals surface area contributed by atoms with Gasteiger partial charge in [0.2, 0.25) is 0 Å². The van der Waals surface area contributed by atoms with Crippen LogP contribution < -0.4 is 10.6 Å². The van der Waals surface area contributed by atoms with Crippen molar-refractivity contribution in [3.05, 3.63) is 59.9 Å². The van der Waals surface area contributed by atoms with E-state index in [1.807, 2.05) is 12.4 Å². The maximum absolute atomic E-state index is 5.67. The van der Waals surface area contributed by atoms with E-state index in [2.05, 4.69) is 53.2 Å². The lowest BCUT2D eigenvalue weighted by Crippen LogP contribution is -2.29. The third-order valence-corrected chi connectivity index (χ3v) is 3.51. The van der Waals surface area contributed by atoms with Crippen LogP contribution in [0.25, 0.3) is 0 Å². The van der Waals surface area contributed by atoms with E-state index in [0.717, 1.165) is 32.5 Å². The van der Waals surface area contributed by atoms with Crippen LogP contribution >= 0.6 is 0 Å². The topological polar surface area (TPSA) is 42.1 Å². The molecule has 0 amide bonds. The summed E-state index contributed by atoms with van der Waals surface area (Å²) in [5.41, 5.74) is 9.62. The first kappa shape index (κ1) is 14.5. The fourth-order valence-corrected chi connectivity index (χ4v) is 2.37. The van der Waals surface area contributed by atoms with E-state index in [4.69, 9.17) is 5.73 Å². The van der Waals surface area contributed by atoms with Gasteiger partial charge in [0.15, 0.2) is 0 Å². The lowest BCUT2D eigenvalue weighted by Gasteiger charge is -2.26. The average molecular weight is 269 g/mol. The van der Waals surface area contributed by atoms with E-state index in [1.165, 1.54) is 16.8 Å². The van der Waals surface area contributed by atoms with Crippen molar-refractivity contribution in [2.75, 3.05) is 24.5 Å². The minimum Gasteiger partial charge on any atom is -0.371 e. The van der Waals surface area contributed by atoms with Crippen molar-refractivity contribution in [1.82, 2.24) is 4.98 Å². The molecule has 0 aliphatic carbocycles. The number of nitrogens with two attached hydrogens (primary N) is 1. The molecule has 3 heteroatoms. The third-order valence-electron chi connectivity index (χ3n) is 3.51. The summed E-state index contributed by atoms with van der Waals surface area (Å²) in [5, 5.41) is 0. The molecule has 3 nitrogen and oxygen atoms in total. The van der Waals surface area contributed by atoms with Gasteiger partial charge in [-0.25, -0.2) is 0 Å². The molecule has 0 fully saturated rings. The van der Waals surface area contributed by atoms with E-state index in [9.17, 15) is 0 Å². The summed E-state index contributed by atoms with van der Waals surface area (Å²) < 4.78 is 0. The number of rotatable bonds is 7. The zero-order valence-corrected chi connectivity index (χ0v) is 12.1. The largest absolute Gasteiger partial charge is 0.371 e. The Labute approximate surface area is 121 Å². The van der Waals surface area contributed by atoms with Gasteiger partial charge in [0.1, 0.15) is 0 Å². The van der Waals surface area contributed by atoms with Crippen molar-refractivity contribution in [1.29, 1.82) is 0 Å². The second-order valence-corrected chi connectivity index (χ2v) is 5.02. The number of benzene rings is 1. The SMILES string of the molecule is Cc1ccccc1N(CCCN)CCc1ccncc1. The molecule has 1 aromatic carbocycles. The van der Waals surface area contributed by atoms with E-state index in [1.54, 1.807) is 0 Å². The van der Waals surface area contributed by atoms with E-state index < -0.39 is 0 Å². The molecule has 0 aliphatic heterocycles. The summed E-state index contributed by atoms with van der Waals surface area (Å²) in [7, 11) is 0. The molecule has 2 rings (SSSR count). The number of anilines is 1. The zero-order valence-electron chi connectivity index (χ0n) is 12.1. The molecule has 2 aromatic rings. The van der Waals surface area contributed by atoms with Crippen molar-refractivity contribution in [2.24, 2.45) is 5.73 Å². The monoisotopic (exact) mass is 269 g/mol. The molecule has 20 heavy (non-hydrogen) atoms. The third kappa shape index (κ3) is 4.07. The van der Waals surface area contributed by atoms with Crippen LogP contribution in [0.5, 0.6) is 0 Å². The average Bonchev–Trinajstić information content (AvgIpc) is 2.49. The Morgan fingerprint density at radius 2 is 1.80 bits per heavy atom. The highest BCUT2D eigenvalue weighted by Gasteiger charge is 2.08. The Kier molecular flexibility index (Phi) is 5.56. The van der Waals surface area contributed by atoms with Crippen molar-refractivity contribution >= 4 is 5.69 Å². The van der Waals surface area contributed by atoms with Crippen LogP contribution in [-0.2, 0) is 6.42 Å². The summed E-state index contributed by atoms with van der Waals surface area (Å²) in [4.78, 5) is 6.50. The molecule has 1 heterocycles. The maximum Gasteiger partial charge on any atom is 0.0396 e. The van der Waals surface area contributed by atoms with Gasteiger partial charge in [-0.05, 0) is 55.6 Å². The Hall–Kier alpha value is -1.87. The van der Waals surface area contributed by atoms with E-state index in [0.29, 0.717) is 0 Å². The number of hydrogen-bond acceptors (Lipinski definition) is 3. The normalized spacial score (nSPS) is 10.5. The van der Waals surface area contributed by atoms with Crippen LogP contribution in [0.1, 0.15) is 17.5 Å². The van der Waals surface area contributed by atoms with Gasteiger partial charge in [-0.15, -0.1) is 0 Å². The van der Waals surface area contributed by atoms with Gasteiger partial charge in [0.05, 0.1) is 0 Å². The molecule has 0 unspecified atom stereocenters. The Bertz CT molecular complexity index is 511. The highest BCUT2D eigenvalue weighted by Crippen LogP contribution is 2.20. The second kappa shape index (κ2) is 7.65. The van der Waals surface area contributed by atoms with Crippen molar-refractivity contribution in [3.8, 4) is 0 Å². The number of nitrogens with zero attached hydrogens (tertiary/aromatic N) is 2. The first-order valence-electron chi connectivity index (χ1n) is 7.21. The van der Waals surface area contributed by atoms with Gasteiger partial charge in [-0.2, -0.15) is 0 Å². The highest BCUT2D eigenvalue weighted by atomic mass is 15.1. The van der Waals surface area contributed by atoms with Crippen molar-refractivity contribution in [2.45, 2.75) is 19.8 Å². The quantitative estimate of drug-likeness (QED) is 0.840. The molecular weight excluding hydrogens is 246 g/mol. The first-order valence-corrected chi connectivity index (χ1v) is 7.21. The highest BCUT2D eigenvalue weighted by molar-refractivity contribution is 5.53. The molecule has 0 atom stereocenters. The lowest BCUT2D eigenvalue weighted by atomic mass is 10.1. The summed E-state index contributed by atoms with van der Waals surface area (Å²) in [5.74, 6) is 0. The van der Waals surface area contributed by atoms with Crippen LogP contribution in [0, 0.1) is 6.92 Å². The van der Waals surface area contributed by atoms with Gasteiger partial charge in [-0.3, -0.25) is 4.98 Å². The van der Waals surface area contributed by atoms with Crippen LogP contribution in [0.2, 0.25) is 0 Å². The second-order valence-electron chi connectivity index (χ2n) is 5.02. The predicted octanol–water partition coefficient (Wildman–Crippen LogP) is 2.79. The summed E-state index contributed by atoms with van der Waals surface area (Å²) in [6, 6.07) is 12.7. The molecule has 0 aliphatic rings. The number of aromatic nitrogens is 1. The van der Waals surface area contributed by atoms with Gasteiger partial charge >= 0.3 is 0 Å². The summed E-state index contributed by atoms with van der Waals surface area (Å²) in [6.45, 7) is 4.91. The molecule has 2 N–H and O–H groups in total. The molecule has 0 saturated heterocycles. The number of aryl methyl sites for hydroxylation is 1. The van der Waals surface area contributed by atoms with Crippen LogP contribution in [0.3, 0.4) is 0 Å². The zero-order chi connectivity index (χ0) is 14.2. The predicted molar refractivity (Wildman–Crippen MR) is 85.0 cm³/mol. The smallest absolute Gasteiger partial charge is 0.0396 e. The Balaban J connectivity index is 2.06. The fraction of sp³-hybridized carbons (Fsp3) is 0.353. The fourth-order valence-electron chi connectivity index (χ4n) is 2.37. The van der Waals surface area contributed by atoms with E-state index in [-0.39, 0.29) is 0 Å². The summed E-state index contributed by atoms with van der Waals surface area (Å²) in [6.07, 6.45) is 5.76. The number of pyridine rings is 1. The molecular formula is C17H23N3. The minimum atomic E-state index is 0.734. The molecule has 0 bridgehead atoms. The van der Waals surface area contributed by atoms with Crippen LogP contribution in [0.4, 0.5) is 5.69 Å². The van der Waals surface area contributed by atoms with E-state index >= 15 is 0 Å². The maximum atomic E-state index is 5.67. The Morgan fingerprint density at radius 3 is 2.50 bits per heavy atom. The number of para-hydroxylation sites is 1. The lowest BCUT2D eigenvalue weighted by molar-refractivity contribution is 0.727. The minimum absolute atomic E-state index is 0.734. The standard InChI is InChI=1S/C17H23N3/c1-15-5-2-3-6-17(15)20(13-4-10-18)14-9-16-7-11-19-12-8-16/h2-3,5-8,11-12H,4,9-10,13-14,18H2,1H3. The molecule has 0 radical (unpaired) electrons. The van der Waals surface area contributed by atoms with Gasteiger partial charge < -0.3 is 10.6 Å². The molecule has 106 valence electrons. The first-order chi connectivity index (χ1) is 9.81. The number of hydrogen-bond donors (Lipinski definition) is 1. The molecule has 0 saturated carbocycles. The summed E-state index contributed by atoms with van der Waals surface area (Å²) >= 11 is 0. The van der Waals surface area contributed by atoms with Gasteiger partial charge in [0, 0.05) is 31.2 Å². The van der Waals surface area contributed by atoms with Crippen molar-refractivity contribution < 1.29 is 0 Å². The van der Waals surface area contributed by atoms with Gasteiger partial charge in [0.25, 0.3) is 0 Å². The van der Waals surface area contributed by atoms with Crippen molar-refractivity contribution in [3.63, 3.8) is 0 Å². The van der Waals surface area contributed by atoms with Gasteiger partial charge in [-0.1, -0.05) is 18.2 Å². The Morgan fingerprint density at radius 1 is 1.05 bits per heavy atom. The molecule has 1 aromatic heterocycles.